The van der Waals surface area contributed by atoms with Crippen LogP contribution in [-0.4, -0.2) is 87.3 Å². The van der Waals surface area contributed by atoms with E-state index < -0.39 is 10.0 Å². The number of amides is 1. The number of piperazine rings is 1. The van der Waals surface area contributed by atoms with Crippen LogP contribution in [0, 0.1) is 5.92 Å². The van der Waals surface area contributed by atoms with E-state index in [4.69, 9.17) is 0 Å². The first kappa shape index (κ1) is 24.2. The fourth-order valence-corrected chi connectivity index (χ4v) is 7.76. The predicted octanol–water partition coefficient (Wildman–Crippen LogP) is 2.95. The summed E-state index contributed by atoms with van der Waals surface area (Å²) < 4.78 is 27.7. The van der Waals surface area contributed by atoms with Crippen LogP contribution < -0.4 is 4.90 Å². The van der Waals surface area contributed by atoms with Crippen molar-refractivity contribution < 1.29 is 13.2 Å². The highest BCUT2D eigenvalue weighted by molar-refractivity contribution is 7.89. The van der Waals surface area contributed by atoms with Crippen molar-refractivity contribution >= 4 is 21.6 Å². The number of rotatable bonds is 6. The number of fused-ring (bicyclic) bond motifs is 1. The third-order valence-electron chi connectivity index (χ3n) is 8.27. The maximum atomic E-state index is 13.1. The van der Waals surface area contributed by atoms with E-state index in [0.717, 1.165) is 69.0 Å². The summed E-state index contributed by atoms with van der Waals surface area (Å²) in [5.41, 5.74) is 1.86. The number of hydrogen-bond acceptors (Lipinski definition) is 5. The SMILES string of the molecule is O=C(CN1CCN(CC2CCCCC2)CC1)N1CCc2cc(S(=O)(=O)N3CCCCC3)ccc21. The molecule has 1 aliphatic carbocycles. The molecule has 1 amide bonds. The van der Waals surface area contributed by atoms with Gasteiger partial charge in [0.15, 0.2) is 0 Å². The molecular formula is C26H40N4O3S. The van der Waals surface area contributed by atoms with E-state index in [2.05, 4.69) is 9.80 Å². The number of benzene rings is 1. The minimum absolute atomic E-state index is 0.131. The van der Waals surface area contributed by atoms with Crippen LogP contribution in [0.2, 0.25) is 0 Å². The van der Waals surface area contributed by atoms with Gasteiger partial charge in [0.25, 0.3) is 0 Å². The van der Waals surface area contributed by atoms with Crippen LogP contribution in [0.25, 0.3) is 0 Å². The summed E-state index contributed by atoms with van der Waals surface area (Å²) in [5, 5.41) is 0. The maximum absolute atomic E-state index is 13.1. The van der Waals surface area contributed by atoms with Gasteiger partial charge in [0.05, 0.1) is 11.4 Å². The number of hydrogen-bond donors (Lipinski definition) is 0. The predicted molar refractivity (Wildman–Crippen MR) is 135 cm³/mol. The second kappa shape index (κ2) is 10.6. The molecule has 5 rings (SSSR count). The minimum Gasteiger partial charge on any atom is -0.311 e. The molecule has 8 heteroatoms. The van der Waals surface area contributed by atoms with Crippen molar-refractivity contribution in [2.24, 2.45) is 5.92 Å². The van der Waals surface area contributed by atoms with Crippen LogP contribution in [0.5, 0.6) is 0 Å². The number of sulfonamides is 1. The summed E-state index contributed by atoms with van der Waals surface area (Å²) in [5.74, 6) is 0.998. The normalized spacial score (nSPS) is 23.8. The molecule has 0 bridgehead atoms. The Kier molecular flexibility index (Phi) is 7.58. The Morgan fingerprint density at radius 2 is 1.50 bits per heavy atom. The Morgan fingerprint density at radius 3 is 2.24 bits per heavy atom. The third-order valence-corrected chi connectivity index (χ3v) is 10.2. The van der Waals surface area contributed by atoms with Crippen LogP contribution in [0.1, 0.15) is 56.9 Å². The molecule has 34 heavy (non-hydrogen) atoms. The lowest BCUT2D eigenvalue weighted by Crippen LogP contribution is -2.50. The molecule has 3 fully saturated rings. The molecule has 0 unspecified atom stereocenters. The number of carbonyl (C=O) groups is 1. The molecule has 3 heterocycles. The van der Waals surface area contributed by atoms with Crippen LogP contribution in [0.4, 0.5) is 5.69 Å². The Balaban J connectivity index is 1.15. The molecule has 2 saturated heterocycles. The molecule has 0 aromatic heterocycles. The van der Waals surface area contributed by atoms with Gasteiger partial charge in [0.2, 0.25) is 15.9 Å². The second-order valence-corrected chi connectivity index (χ2v) is 12.6. The van der Waals surface area contributed by atoms with Crippen molar-refractivity contribution in [3.63, 3.8) is 0 Å². The van der Waals surface area contributed by atoms with E-state index in [-0.39, 0.29) is 5.91 Å². The van der Waals surface area contributed by atoms with Gasteiger partial charge in [-0.15, -0.1) is 0 Å². The Bertz CT molecular complexity index is 962. The first-order valence-electron chi connectivity index (χ1n) is 13.4. The van der Waals surface area contributed by atoms with Gasteiger partial charge in [-0.25, -0.2) is 8.42 Å². The van der Waals surface area contributed by atoms with Crippen LogP contribution in [0.15, 0.2) is 23.1 Å². The lowest BCUT2D eigenvalue weighted by Gasteiger charge is -2.37. The summed E-state index contributed by atoms with van der Waals surface area (Å²) in [6.45, 7) is 7.54. The smallest absolute Gasteiger partial charge is 0.243 e. The van der Waals surface area contributed by atoms with Gasteiger partial charge in [-0.05, 0) is 61.8 Å². The molecule has 3 aliphatic heterocycles. The third kappa shape index (κ3) is 5.35. The van der Waals surface area contributed by atoms with Gasteiger partial charge in [0.1, 0.15) is 0 Å². The topological polar surface area (TPSA) is 64.2 Å². The molecular weight excluding hydrogens is 448 g/mol. The Morgan fingerprint density at radius 1 is 0.824 bits per heavy atom. The largest absolute Gasteiger partial charge is 0.311 e. The summed E-state index contributed by atoms with van der Waals surface area (Å²) in [6.07, 6.45) is 10.6. The van der Waals surface area contributed by atoms with E-state index in [9.17, 15) is 13.2 Å². The van der Waals surface area contributed by atoms with Crippen molar-refractivity contribution in [1.82, 2.24) is 14.1 Å². The summed E-state index contributed by atoms with van der Waals surface area (Å²) >= 11 is 0. The quantitative estimate of drug-likeness (QED) is 0.616. The van der Waals surface area contributed by atoms with Gasteiger partial charge < -0.3 is 9.80 Å². The molecule has 4 aliphatic rings. The highest BCUT2D eigenvalue weighted by Gasteiger charge is 2.31. The summed E-state index contributed by atoms with van der Waals surface area (Å²) in [6, 6.07) is 5.34. The lowest BCUT2D eigenvalue weighted by molar-refractivity contribution is -0.120. The molecule has 0 radical (unpaired) electrons. The molecule has 188 valence electrons. The summed E-state index contributed by atoms with van der Waals surface area (Å²) in [4.78, 5) is 20.3. The zero-order valence-corrected chi connectivity index (χ0v) is 21.3. The van der Waals surface area contributed by atoms with Gasteiger partial charge >= 0.3 is 0 Å². The fraction of sp³-hybridized carbons (Fsp3) is 0.731. The highest BCUT2D eigenvalue weighted by atomic mass is 32.2. The average molecular weight is 489 g/mol. The van der Waals surface area contributed by atoms with Gasteiger partial charge in [-0.2, -0.15) is 4.31 Å². The molecule has 1 aromatic rings. The molecule has 1 aromatic carbocycles. The molecule has 1 saturated carbocycles. The Hall–Kier alpha value is -1.48. The minimum atomic E-state index is -3.44. The van der Waals surface area contributed by atoms with Gasteiger partial charge in [0, 0.05) is 58.0 Å². The van der Waals surface area contributed by atoms with E-state index in [1.54, 1.807) is 16.4 Å². The second-order valence-electron chi connectivity index (χ2n) is 10.6. The van der Waals surface area contributed by atoms with Crippen molar-refractivity contribution in [3.8, 4) is 0 Å². The highest BCUT2D eigenvalue weighted by Crippen LogP contribution is 2.32. The lowest BCUT2D eigenvalue weighted by atomic mass is 9.89. The van der Waals surface area contributed by atoms with Crippen molar-refractivity contribution in [3.05, 3.63) is 23.8 Å². The number of carbonyl (C=O) groups excluding carboxylic acids is 1. The first-order chi connectivity index (χ1) is 16.5. The van der Waals surface area contributed by atoms with Crippen molar-refractivity contribution in [2.75, 3.05) is 63.8 Å². The van der Waals surface area contributed by atoms with E-state index in [0.29, 0.717) is 31.1 Å². The Labute approximate surface area is 205 Å². The molecule has 0 N–H and O–H groups in total. The molecule has 0 atom stereocenters. The average Bonchev–Trinajstić information content (AvgIpc) is 3.30. The number of anilines is 1. The van der Waals surface area contributed by atoms with Crippen LogP contribution >= 0.6 is 0 Å². The zero-order chi connectivity index (χ0) is 23.5. The van der Waals surface area contributed by atoms with Crippen molar-refractivity contribution in [2.45, 2.75) is 62.7 Å². The van der Waals surface area contributed by atoms with Crippen molar-refractivity contribution in [1.29, 1.82) is 0 Å². The number of nitrogens with zero attached hydrogens (tertiary/aromatic N) is 4. The first-order valence-corrected chi connectivity index (χ1v) is 14.8. The fourth-order valence-electron chi connectivity index (χ4n) is 6.19. The monoisotopic (exact) mass is 488 g/mol. The van der Waals surface area contributed by atoms with E-state index in [1.165, 1.54) is 38.6 Å². The molecule has 0 spiro atoms. The summed E-state index contributed by atoms with van der Waals surface area (Å²) in [7, 11) is -3.44. The molecule has 7 nitrogen and oxygen atoms in total. The maximum Gasteiger partial charge on any atom is 0.243 e. The zero-order valence-electron chi connectivity index (χ0n) is 20.5. The van der Waals surface area contributed by atoms with Crippen LogP contribution in [-0.2, 0) is 21.2 Å². The van der Waals surface area contributed by atoms with Gasteiger partial charge in [-0.1, -0.05) is 25.7 Å². The standard InChI is InChI=1S/C26H40N4O3S/c31-26(21-28-17-15-27(16-18-28)20-22-7-3-1-4-8-22)30-14-11-23-19-24(9-10-25(23)30)34(32,33)29-12-5-2-6-13-29/h9-10,19,22H,1-8,11-18,20-21H2. The van der Waals surface area contributed by atoms with E-state index in [1.807, 2.05) is 11.0 Å². The van der Waals surface area contributed by atoms with E-state index >= 15 is 0 Å². The number of piperidine rings is 1. The van der Waals surface area contributed by atoms with Crippen LogP contribution in [0.3, 0.4) is 0 Å². The van der Waals surface area contributed by atoms with Gasteiger partial charge in [-0.3, -0.25) is 9.69 Å².